The quantitative estimate of drug-likeness (QED) is 0.304. The maximum Gasteiger partial charge on any atom is 0.145 e. The molecule has 0 radical (unpaired) electrons. The molecular weight excluding hydrogens is 376 g/mol. The lowest BCUT2D eigenvalue weighted by molar-refractivity contribution is 0.591. The molecule has 2 aromatic heterocycles. The van der Waals surface area contributed by atoms with E-state index in [9.17, 15) is 0 Å². The normalized spacial score (nSPS) is 14.6. The number of imidazole rings is 1. The summed E-state index contributed by atoms with van der Waals surface area (Å²) in [5, 5.41) is 3.77. The molecule has 0 amide bonds. The summed E-state index contributed by atoms with van der Waals surface area (Å²) in [6.07, 6.45) is 2.96. The van der Waals surface area contributed by atoms with Crippen LogP contribution in [0.2, 0.25) is 0 Å². The van der Waals surface area contributed by atoms with Gasteiger partial charge in [-0.2, -0.15) is 0 Å². The lowest BCUT2D eigenvalue weighted by Crippen LogP contribution is -2.35. The fraction of sp³-hybridized carbons (Fsp3) is 0.0690. The van der Waals surface area contributed by atoms with Crippen LogP contribution in [0.5, 0.6) is 0 Å². The number of hydrogen-bond donors (Lipinski definition) is 0. The third-order valence-corrected chi connectivity index (χ3v) is 6.99. The smallest absolute Gasteiger partial charge is 0.145 e. The lowest BCUT2D eigenvalue weighted by atomic mass is 9.65. The van der Waals surface area contributed by atoms with Gasteiger partial charge >= 0.3 is 0 Å². The summed E-state index contributed by atoms with van der Waals surface area (Å²) in [7, 11) is 0. The van der Waals surface area contributed by atoms with Crippen LogP contribution in [0.4, 0.5) is 0 Å². The van der Waals surface area contributed by atoms with Gasteiger partial charge in [0.1, 0.15) is 5.65 Å². The number of hydrogen-bond acceptors (Lipinski definition) is 1. The number of fused-ring (bicyclic) bond motifs is 3. The van der Waals surface area contributed by atoms with Crippen molar-refractivity contribution >= 4 is 27.3 Å². The van der Waals surface area contributed by atoms with Crippen molar-refractivity contribution in [3.05, 3.63) is 132 Å². The van der Waals surface area contributed by atoms with Crippen LogP contribution in [0.3, 0.4) is 0 Å². The maximum atomic E-state index is 4.92. The molecule has 0 bridgehead atoms. The minimum Gasteiger partial charge on any atom is -0.296 e. The van der Waals surface area contributed by atoms with Gasteiger partial charge in [0.05, 0.1) is 10.9 Å². The van der Waals surface area contributed by atoms with Gasteiger partial charge in [0.25, 0.3) is 0 Å². The van der Waals surface area contributed by atoms with Gasteiger partial charge in [-0.15, -0.1) is 0 Å². The second kappa shape index (κ2) is 6.05. The van der Waals surface area contributed by atoms with Crippen molar-refractivity contribution < 1.29 is 0 Å². The van der Waals surface area contributed by atoms with Crippen LogP contribution in [0.1, 0.15) is 22.4 Å². The van der Waals surface area contributed by atoms with Crippen LogP contribution in [0.25, 0.3) is 27.3 Å². The first-order chi connectivity index (χ1) is 15.4. The standard InChI is InChI=1S/C29H20N2/c1-3-10-20(11-4-1)29(21-12-5-2-6-13-21)18-22-19-30-28-25-15-8-7-14-23(25)24-16-9-17-26(29)27(24)31(22)28/h1-17,19H,18H2. The highest BCUT2D eigenvalue weighted by molar-refractivity contribution is 6.13. The predicted molar refractivity (Wildman–Crippen MR) is 127 cm³/mol. The Labute approximate surface area is 180 Å². The molecule has 0 unspecified atom stereocenters. The first kappa shape index (κ1) is 16.8. The van der Waals surface area contributed by atoms with Crippen molar-refractivity contribution in [2.24, 2.45) is 0 Å². The van der Waals surface area contributed by atoms with E-state index in [1.54, 1.807) is 0 Å². The molecule has 1 aliphatic heterocycles. The third-order valence-electron chi connectivity index (χ3n) is 6.99. The van der Waals surface area contributed by atoms with Gasteiger partial charge in [0, 0.05) is 29.1 Å². The van der Waals surface area contributed by atoms with Gasteiger partial charge in [-0.05, 0) is 22.1 Å². The molecular formula is C29H20N2. The van der Waals surface area contributed by atoms with E-state index in [1.807, 2.05) is 0 Å². The molecule has 0 atom stereocenters. The molecule has 146 valence electrons. The van der Waals surface area contributed by atoms with E-state index in [-0.39, 0.29) is 5.41 Å². The van der Waals surface area contributed by atoms with E-state index in [0.29, 0.717) is 0 Å². The average Bonchev–Trinajstić information content (AvgIpc) is 3.29. The molecule has 0 saturated heterocycles. The van der Waals surface area contributed by atoms with Gasteiger partial charge in [-0.1, -0.05) is 103 Å². The molecule has 31 heavy (non-hydrogen) atoms. The zero-order chi connectivity index (χ0) is 20.4. The SMILES string of the molecule is c1ccc(C2(c3ccccc3)Cc3cnc4c5ccccc5c5cccc2c5n34)cc1. The second-order valence-electron chi connectivity index (χ2n) is 8.47. The van der Waals surface area contributed by atoms with Crippen LogP contribution < -0.4 is 0 Å². The van der Waals surface area contributed by atoms with Crippen LogP contribution in [-0.4, -0.2) is 9.38 Å². The van der Waals surface area contributed by atoms with E-state index in [2.05, 4.69) is 114 Å². The van der Waals surface area contributed by atoms with Crippen molar-refractivity contribution in [3.8, 4) is 0 Å². The van der Waals surface area contributed by atoms with E-state index < -0.39 is 0 Å². The molecule has 3 heterocycles. The summed E-state index contributed by atoms with van der Waals surface area (Å²) in [5.74, 6) is 0. The topological polar surface area (TPSA) is 17.3 Å². The Hall–Kier alpha value is -3.91. The molecule has 0 saturated carbocycles. The fourth-order valence-corrected chi connectivity index (χ4v) is 5.70. The summed E-state index contributed by atoms with van der Waals surface area (Å²) >= 11 is 0. The summed E-state index contributed by atoms with van der Waals surface area (Å²) in [6.45, 7) is 0. The minimum atomic E-state index is -0.256. The number of pyridine rings is 1. The number of benzene rings is 4. The van der Waals surface area contributed by atoms with E-state index >= 15 is 0 Å². The molecule has 4 aromatic carbocycles. The highest BCUT2D eigenvalue weighted by atomic mass is 15.0. The van der Waals surface area contributed by atoms with Crippen LogP contribution in [-0.2, 0) is 11.8 Å². The highest BCUT2D eigenvalue weighted by Gasteiger charge is 2.42. The molecule has 6 aromatic rings. The fourth-order valence-electron chi connectivity index (χ4n) is 5.70. The van der Waals surface area contributed by atoms with Crippen LogP contribution in [0.15, 0.2) is 109 Å². The minimum absolute atomic E-state index is 0.256. The molecule has 2 nitrogen and oxygen atoms in total. The van der Waals surface area contributed by atoms with Crippen molar-refractivity contribution in [3.63, 3.8) is 0 Å². The summed E-state index contributed by atoms with van der Waals surface area (Å²) in [4.78, 5) is 4.92. The molecule has 0 N–H and O–H groups in total. The summed E-state index contributed by atoms with van der Waals surface area (Å²) in [6, 6.07) is 37.4. The van der Waals surface area contributed by atoms with Gasteiger partial charge in [-0.3, -0.25) is 4.40 Å². The van der Waals surface area contributed by atoms with Gasteiger partial charge < -0.3 is 0 Å². The van der Waals surface area contributed by atoms with E-state index in [4.69, 9.17) is 4.98 Å². The number of aromatic nitrogens is 2. The van der Waals surface area contributed by atoms with E-state index in [0.717, 1.165) is 12.1 Å². The van der Waals surface area contributed by atoms with E-state index in [1.165, 1.54) is 44.1 Å². The Kier molecular flexibility index (Phi) is 3.29. The third kappa shape index (κ3) is 2.09. The first-order valence-electron chi connectivity index (χ1n) is 10.8. The molecule has 7 rings (SSSR count). The van der Waals surface area contributed by atoms with Gasteiger partial charge in [-0.25, -0.2) is 4.98 Å². The van der Waals surface area contributed by atoms with Gasteiger partial charge in [0.2, 0.25) is 0 Å². The number of nitrogens with zero attached hydrogens (tertiary/aromatic N) is 2. The van der Waals surface area contributed by atoms with Crippen molar-refractivity contribution in [2.75, 3.05) is 0 Å². The monoisotopic (exact) mass is 396 g/mol. The molecule has 1 aliphatic rings. The average molecular weight is 396 g/mol. The Balaban J connectivity index is 1.73. The summed E-state index contributed by atoms with van der Waals surface area (Å²) < 4.78 is 2.40. The van der Waals surface area contributed by atoms with Crippen LogP contribution in [0, 0.1) is 0 Å². The number of para-hydroxylation sites is 1. The maximum absolute atomic E-state index is 4.92. The molecule has 0 aliphatic carbocycles. The van der Waals surface area contributed by atoms with Crippen molar-refractivity contribution in [1.29, 1.82) is 0 Å². The molecule has 2 heteroatoms. The van der Waals surface area contributed by atoms with Crippen molar-refractivity contribution in [1.82, 2.24) is 9.38 Å². The Bertz CT molecular complexity index is 1550. The van der Waals surface area contributed by atoms with Crippen molar-refractivity contribution in [2.45, 2.75) is 11.8 Å². The first-order valence-corrected chi connectivity index (χ1v) is 10.8. The highest BCUT2D eigenvalue weighted by Crippen LogP contribution is 2.48. The number of rotatable bonds is 2. The zero-order valence-corrected chi connectivity index (χ0v) is 17.0. The second-order valence-corrected chi connectivity index (χ2v) is 8.47. The Morgan fingerprint density at radius 3 is 1.94 bits per heavy atom. The predicted octanol–water partition coefficient (Wildman–Crippen LogP) is 6.53. The molecule has 0 spiro atoms. The molecule has 0 fully saturated rings. The Morgan fingerprint density at radius 1 is 0.613 bits per heavy atom. The lowest BCUT2D eigenvalue weighted by Gasteiger charge is -2.39. The zero-order valence-electron chi connectivity index (χ0n) is 17.0. The summed E-state index contributed by atoms with van der Waals surface area (Å²) in [5.41, 5.74) is 7.33. The Morgan fingerprint density at radius 2 is 1.23 bits per heavy atom. The van der Waals surface area contributed by atoms with Gasteiger partial charge in [0.15, 0.2) is 0 Å². The largest absolute Gasteiger partial charge is 0.296 e. The van der Waals surface area contributed by atoms with Crippen LogP contribution >= 0.6 is 0 Å².